The van der Waals surface area contributed by atoms with Gasteiger partial charge >= 0.3 is 5.97 Å². The number of likely N-dealkylation sites (tertiary alicyclic amines) is 1. The second-order valence-electron chi connectivity index (χ2n) is 9.12. The summed E-state index contributed by atoms with van der Waals surface area (Å²) in [6, 6.07) is -1.03. The van der Waals surface area contributed by atoms with Gasteiger partial charge < -0.3 is 20.1 Å². The second kappa shape index (κ2) is 10.6. The normalized spacial score (nSPS) is 31.9. The summed E-state index contributed by atoms with van der Waals surface area (Å²) >= 11 is 0. The number of aliphatic hydroxyl groups excluding tert-OH is 1. The van der Waals surface area contributed by atoms with Gasteiger partial charge in [0.05, 0.1) is 31.1 Å². The van der Waals surface area contributed by atoms with Gasteiger partial charge in [0.1, 0.15) is 6.04 Å². The van der Waals surface area contributed by atoms with Crippen LogP contribution in [0.4, 0.5) is 0 Å². The summed E-state index contributed by atoms with van der Waals surface area (Å²) < 4.78 is 5.34. The zero-order chi connectivity index (χ0) is 22.5. The second-order valence-corrected chi connectivity index (χ2v) is 9.12. The van der Waals surface area contributed by atoms with E-state index in [4.69, 9.17) is 4.74 Å². The number of hydrogen-bond acceptors (Lipinski definition) is 5. The van der Waals surface area contributed by atoms with E-state index in [0.29, 0.717) is 12.8 Å². The minimum absolute atomic E-state index is 0.0968. The number of allylic oxidation sites excluding steroid dienone is 1. The Labute approximate surface area is 185 Å². The molecule has 1 saturated carbocycles. The molecule has 31 heavy (non-hydrogen) atoms. The van der Waals surface area contributed by atoms with Crippen LogP contribution in [0.15, 0.2) is 12.2 Å². The van der Waals surface area contributed by atoms with Crippen molar-refractivity contribution in [2.24, 2.45) is 23.7 Å². The van der Waals surface area contributed by atoms with Crippen molar-refractivity contribution in [1.29, 1.82) is 0 Å². The van der Waals surface area contributed by atoms with Crippen molar-refractivity contribution in [2.75, 3.05) is 13.2 Å². The fourth-order valence-corrected chi connectivity index (χ4v) is 5.74. The minimum Gasteiger partial charge on any atom is -0.466 e. The maximum atomic E-state index is 13.7. The van der Waals surface area contributed by atoms with Crippen LogP contribution in [0.5, 0.6) is 0 Å². The van der Waals surface area contributed by atoms with Crippen LogP contribution in [0.25, 0.3) is 0 Å². The summed E-state index contributed by atoms with van der Waals surface area (Å²) in [5.74, 6) is -2.46. The molecule has 1 heterocycles. The molecule has 2 aliphatic carbocycles. The van der Waals surface area contributed by atoms with Gasteiger partial charge in [-0.1, -0.05) is 45.3 Å². The average Bonchev–Trinajstić information content (AvgIpc) is 3.07. The molecule has 0 aromatic carbocycles. The maximum Gasteiger partial charge on any atom is 0.310 e. The molecule has 0 spiro atoms. The standard InChI is InChI=1S/C24H38N2O5/c1-4-15-12-13-18-20(19(15)24(30)31-6-3)23(29)26(17(5-2)14-27)21(18)22(28)25-16-10-8-7-9-11-16/h12-13,15-21,27H,4-11,14H2,1-3H3,(H,25,28)/t15-,17+,18+,19-,20+,21+/m1/s1. The summed E-state index contributed by atoms with van der Waals surface area (Å²) in [6.45, 7) is 5.70. The van der Waals surface area contributed by atoms with Crippen LogP contribution in [0.2, 0.25) is 0 Å². The lowest BCUT2D eigenvalue weighted by Crippen LogP contribution is -2.54. The molecule has 1 saturated heterocycles. The lowest BCUT2D eigenvalue weighted by atomic mass is 9.69. The van der Waals surface area contributed by atoms with Gasteiger partial charge in [-0.3, -0.25) is 14.4 Å². The molecule has 2 N–H and O–H groups in total. The zero-order valence-corrected chi connectivity index (χ0v) is 19.1. The van der Waals surface area contributed by atoms with Gasteiger partial charge in [0, 0.05) is 12.0 Å². The molecule has 3 aliphatic rings. The number of fused-ring (bicyclic) bond motifs is 1. The van der Waals surface area contributed by atoms with E-state index in [1.54, 1.807) is 11.8 Å². The molecule has 1 aliphatic heterocycles. The third-order valence-corrected chi connectivity index (χ3v) is 7.37. The Kier molecular flexibility index (Phi) is 8.14. The average molecular weight is 435 g/mol. The largest absolute Gasteiger partial charge is 0.466 e. The van der Waals surface area contributed by atoms with Crippen LogP contribution in [-0.4, -0.2) is 59.1 Å². The molecule has 2 fully saturated rings. The molecular weight excluding hydrogens is 396 g/mol. The Bertz CT molecular complexity index is 683. The zero-order valence-electron chi connectivity index (χ0n) is 19.1. The molecule has 3 rings (SSSR count). The Morgan fingerprint density at radius 3 is 2.48 bits per heavy atom. The van der Waals surface area contributed by atoms with Gasteiger partial charge in [-0.25, -0.2) is 0 Å². The number of hydrogen-bond donors (Lipinski definition) is 2. The number of carbonyl (C=O) groups excluding carboxylic acids is 3. The van der Waals surface area contributed by atoms with Crippen molar-refractivity contribution in [2.45, 2.75) is 83.8 Å². The highest BCUT2D eigenvalue weighted by Crippen LogP contribution is 2.46. The first kappa shape index (κ1) is 23.8. The predicted octanol–water partition coefficient (Wildman–Crippen LogP) is 2.42. The highest BCUT2D eigenvalue weighted by molar-refractivity contribution is 5.96. The molecule has 0 aromatic rings. The summed E-state index contributed by atoms with van der Waals surface area (Å²) in [4.78, 5) is 41.6. The summed E-state index contributed by atoms with van der Waals surface area (Å²) in [5.41, 5.74) is 0. The summed E-state index contributed by atoms with van der Waals surface area (Å²) in [6.07, 6.45) is 10.5. The number of ether oxygens (including phenoxy) is 1. The molecule has 7 heteroatoms. The van der Waals surface area contributed by atoms with Crippen LogP contribution >= 0.6 is 0 Å². The van der Waals surface area contributed by atoms with E-state index in [2.05, 4.69) is 5.32 Å². The molecule has 0 radical (unpaired) electrons. The molecular formula is C24H38N2O5. The quantitative estimate of drug-likeness (QED) is 0.452. The molecule has 6 atom stereocenters. The van der Waals surface area contributed by atoms with Gasteiger partial charge in [0.2, 0.25) is 11.8 Å². The maximum absolute atomic E-state index is 13.7. The number of esters is 1. The van der Waals surface area contributed by atoms with E-state index in [9.17, 15) is 19.5 Å². The van der Waals surface area contributed by atoms with Gasteiger partial charge in [-0.15, -0.1) is 0 Å². The number of carbonyl (C=O) groups is 3. The van der Waals surface area contributed by atoms with Gasteiger partial charge in [0.15, 0.2) is 0 Å². The van der Waals surface area contributed by atoms with E-state index < -0.39 is 29.8 Å². The van der Waals surface area contributed by atoms with E-state index in [1.165, 1.54) is 6.42 Å². The minimum atomic E-state index is -0.706. The fourth-order valence-electron chi connectivity index (χ4n) is 5.74. The van der Waals surface area contributed by atoms with Gasteiger partial charge in [-0.2, -0.15) is 0 Å². The number of amides is 2. The van der Waals surface area contributed by atoms with Crippen LogP contribution in [0.3, 0.4) is 0 Å². The van der Waals surface area contributed by atoms with Crippen LogP contribution in [0, 0.1) is 23.7 Å². The highest BCUT2D eigenvalue weighted by atomic mass is 16.5. The SMILES string of the molecule is CCOC(=O)[C@H]1[C@H]2C(=O)N([C@@H](CC)CO)[C@H](C(=O)NC3CCCCC3)[C@H]2C=C[C@H]1CC. The lowest BCUT2D eigenvalue weighted by Gasteiger charge is -2.35. The number of rotatable bonds is 8. The van der Waals surface area contributed by atoms with E-state index in [0.717, 1.165) is 25.7 Å². The lowest BCUT2D eigenvalue weighted by molar-refractivity contribution is -0.156. The van der Waals surface area contributed by atoms with E-state index >= 15 is 0 Å². The Morgan fingerprint density at radius 2 is 1.90 bits per heavy atom. The summed E-state index contributed by atoms with van der Waals surface area (Å²) in [5, 5.41) is 13.2. The van der Waals surface area contributed by atoms with Gasteiger partial charge in [0.25, 0.3) is 0 Å². The van der Waals surface area contributed by atoms with Gasteiger partial charge in [-0.05, 0) is 38.5 Å². The molecule has 174 valence electrons. The van der Waals surface area contributed by atoms with Crippen molar-refractivity contribution >= 4 is 17.8 Å². The Balaban J connectivity index is 1.95. The van der Waals surface area contributed by atoms with Crippen LogP contribution in [0.1, 0.15) is 65.7 Å². The molecule has 0 bridgehead atoms. The molecule has 0 aromatic heterocycles. The third kappa shape index (κ3) is 4.66. The van der Waals surface area contributed by atoms with Crippen LogP contribution < -0.4 is 5.32 Å². The number of aliphatic hydroxyl groups is 1. The molecule has 7 nitrogen and oxygen atoms in total. The molecule has 0 unspecified atom stereocenters. The predicted molar refractivity (Wildman–Crippen MR) is 117 cm³/mol. The van der Waals surface area contributed by atoms with Crippen molar-refractivity contribution < 1.29 is 24.2 Å². The van der Waals surface area contributed by atoms with Crippen molar-refractivity contribution in [1.82, 2.24) is 10.2 Å². The first-order valence-electron chi connectivity index (χ1n) is 12.1. The topological polar surface area (TPSA) is 95.9 Å². The Morgan fingerprint density at radius 1 is 1.19 bits per heavy atom. The van der Waals surface area contributed by atoms with Crippen molar-refractivity contribution in [3.63, 3.8) is 0 Å². The highest BCUT2D eigenvalue weighted by Gasteiger charge is 2.58. The number of nitrogens with one attached hydrogen (secondary N) is 1. The number of nitrogens with zero attached hydrogens (tertiary/aromatic N) is 1. The van der Waals surface area contributed by atoms with E-state index in [-0.39, 0.29) is 43.0 Å². The first-order valence-corrected chi connectivity index (χ1v) is 12.1. The molecule has 2 amide bonds. The third-order valence-electron chi connectivity index (χ3n) is 7.37. The summed E-state index contributed by atoms with van der Waals surface area (Å²) in [7, 11) is 0. The smallest absolute Gasteiger partial charge is 0.310 e. The van der Waals surface area contributed by atoms with Crippen LogP contribution in [-0.2, 0) is 19.1 Å². The van der Waals surface area contributed by atoms with Crippen molar-refractivity contribution in [3.8, 4) is 0 Å². The van der Waals surface area contributed by atoms with Crippen molar-refractivity contribution in [3.05, 3.63) is 12.2 Å². The fraction of sp³-hybridized carbons (Fsp3) is 0.792. The Hall–Kier alpha value is -1.89. The van der Waals surface area contributed by atoms with E-state index in [1.807, 2.05) is 26.0 Å². The monoisotopic (exact) mass is 434 g/mol. The first-order chi connectivity index (χ1) is 15.0.